The highest BCUT2D eigenvalue weighted by Crippen LogP contribution is 2.25. The van der Waals surface area contributed by atoms with Gasteiger partial charge in [-0.3, -0.25) is 18.6 Å². The lowest BCUT2D eigenvalue weighted by Gasteiger charge is -2.10. The molecule has 34 heavy (non-hydrogen) atoms. The van der Waals surface area contributed by atoms with Crippen LogP contribution in [0.3, 0.4) is 0 Å². The average Bonchev–Trinajstić information content (AvgIpc) is 3.48. The second-order valence-electron chi connectivity index (χ2n) is 7.70. The Kier molecular flexibility index (Phi) is 6.41. The molecule has 0 saturated heterocycles. The molecule has 0 fully saturated rings. The van der Waals surface area contributed by atoms with Crippen molar-refractivity contribution < 1.29 is 4.79 Å². The first kappa shape index (κ1) is 22.3. The summed E-state index contributed by atoms with van der Waals surface area (Å²) in [6.07, 6.45) is 1.05. The molecule has 0 spiro atoms. The number of aromatic nitrogens is 5. The van der Waals surface area contributed by atoms with Crippen LogP contribution < -0.4 is 10.9 Å². The van der Waals surface area contributed by atoms with Crippen LogP contribution in [0.2, 0.25) is 0 Å². The normalized spacial score (nSPS) is 11.3. The summed E-state index contributed by atoms with van der Waals surface area (Å²) in [5, 5.41) is 15.7. The van der Waals surface area contributed by atoms with Crippen molar-refractivity contribution in [3.05, 3.63) is 81.0 Å². The number of hydrogen-bond donors (Lipinski definition) is 1. The number of fused-ring (bicyclic) bond motifs is 3. The van der Waals surface area contributed by atoms with Crippen molar-refractivity contribution in [2.24, 2.45) is 0 Å². The van der Waals surface area contributed by atoms with Crippen molar-refractivity contribution in [1.29, 1.82) is 0 Å². The molecule has 3 heterocycles. The number of aryl methyl sites for hydroxylation is 1. The molecule has 3 aromatic heterocycles. The Hall–Kier alpha value is -3.50. The first-order valence-electron chi connectivity index (χ1n) is 10.9. The van der Waals surface area contributed by atoms with Gasteiger partial charge in [0.1, 0.15) is 5.01 Å². The number of anilines is 1. The van der Waals surface area contributed by atoms with Crippen LogP contribution in [0.4, 0.5) is 5.69 Å². The van der Waals surface area contributed by atoms with E-state index in [2.05, 4.69) is 20.5 Å². The van der Waals surface area contributed by atoms with Gasteiger partial charge in [-0.25, -0.2) is 4.98 Å². The smallest absolute Gasteiger partial charge is 0.262 e. The molecule has 10 heteroatoms. The van der Waals surface area contributed by atoms with E-state index in [-0.39, 0.29) is 17.9 Å². The van der Waals surface area contributed by atoms with Crippen molar-refractivity contribution in [3.63, 3.8) is 0 Å². The van der Waals surface area contributed by atoms with Crippen molar-refractivity contribution in [1.82, 2.24) is 24.1 Å². The highest BCUT2D eigenvalue weighted by Gasteiger charge is 2.17. The maximum atomic E-state index is 13.0. The molecule has 5 aromatic rings. The van der Waals surface area contributed by atoms with Crippen LogP contribution in [0.1, 0.15) is 24.0 Å². The first-order chi connectivity index (χ1) is 16.6. The molecule has 0 atom stereocenters. The number of nitrogens with one attached hydrogen (secondary N) is 1. The van der Waals surface area contributed by atoms with Gasteiger partial charge >= 0.3 is 0 Å². The fourth-order valence-corrected chi connectivity index (χ4v) is 5.48. The van der Waals surface area contributed by atoms with E-state index in [1.54, 1.807) is 4.57 Å². The van der Waals surface area contributed by atoms with Gasteiger partial charge in [-0.15, -0.1) is 21.5 Å². The van der Waals surface area contributed by atoms with Crippen molar-refractivity contribution in [2.45, 2.75) is 37.2 Å². The van der Waals surface area contributed by atoms with Crippen LogP contribution in [0.25, 0.3) is 16.7 Å². The molecule has 0 aliphatic carbocycles. The van der Waals surface area contributed by atoms with Gasteiger partial charge < -0.3 is 5.32 Å². The number of carbonyl (C=O) groups excluding carboxylic acids is 1. The number of benzene rings is 2. The zero-order valence-corrected chi connectivity index (χ0v) is 20.1. The van der Waals surface area contributed by atoms with E-state index in [1.807, 2.05) is 71.3 Å². The summed E-state index contributed by atoms with van der Waals surface area (Å²) in [5.74, 6) is 1.03. The van der Waals surface area contributed by atoms with Gasteiger partial charge in [-0.2, -0.15) is 0 Å². The lowest BCUT2D eigenvalue weighted by molar-refractivity contribution is -0.115. The van der Waals surface area contributed by atoms with E-state index in [9.17, 15) is 9.59 Å². The van der Waals surface area contributed by atoms with Crippen molar-refractivity contribution in [2.75, 3.05) is 5.32 Å². The predicted molar refractivity (Wildman–Crippen MR) is 135 cm³/mol. The van der Waals surface area contributed by atoms with Gasteiger partial charge in [0.15, 0.2) is 5.16 Å². The van der Waals surface area contributed by atoms with E-state index in [0.29, 0.717) is 28.6 Å². The van der Waals surface area contributed by atoms with Crippen LogP contribution in [-0.4, -0.2) is 30.1 Å². The third-order valence-corrected chi connectivity index (χ3v) is 7.10. The number of carbonyl (C=O) groups is 1. The Bertz CT molecular complexity index is 1520. The molecule has 0 saturated carbocycles. The number of thioether (sulfide) groups is 1. The largest absolute Gasteiger partial charge is 0.326 e. The molecule has 0 aliphatic heterocycles. The topological polar surface area (TPSA) is 94.2 Å². The summed E-state index contributed by atoms with van der Waals surface area (Å²) in [5.41, 5.74) is 2.39. The van der Waals surface area contributed by atoms with E-state index in [1.165, 1.54) is 23.1 Å². The lowest BCUT2D eigenvalue weighted by Crippen LogP contribution is -2.23. The Morgan fingerprint density at radius 2 is 1.88 bits per heavy atom. The summed E-state index contributed by atoms with van der Waals surface area (Å²) >= 11 is 2.98. The predicted octanol–water partition coefficient (Wildman–Crippen LogP) is 4.38. The standard InChI is InChI=1S/C24H22N6O2S2/c1-2-12-29-22(32)18-10-6-7-11-19(18)30-23(29)27-28-24(30)34-15-17-14-33-21(26-17)13-20(31)25-16-8-4-3-5-9-16/h3-11,14H,2,12-13,15H2,1H3,(H,25,31). The molecule has 1 N–H and O–H groups in total. The summed E-state index contributed by atoms with van der Waals surface area (Å²) < 4.78 is 3.63. The monoisotopic (exact) mass is 490 g/mol. The molecular weight excluding hydrogens is 468 g/mol. The number of para-hydroxylation sites is 2. The molecule has 0 bridgehead atoms. The minimum atomic E-state index is -0.0939. The molecule has 8 nitrogen and oxygen atoms in total. The Balaban J connectivity index is 1.35. The molecule has 5 rings (SSSR count). The minimum absolute atomic E-state index is 0.0492. The molecule has 0 aliphatic rings. The minimum Gasteiger partial charge on any atom is -0.326 e. The SMILES string of the molecule is CCCn1c(=O)c2ccccc2n2c(SCc3csc(CC(=O)Nc4ccccc4)n3)nnc12. The molecule has 2 aromatic carbocycles. The van der Waals surface area contributed by atoms with Crippen LogP contribution in [0, 0.1) is 0 Å². The second-order valence-corrected chi connectivity index (χ2v) is 9.59. The maximum absolute atomic E-state index is 13.0. The fraction of sp³-hybridized carbons (Fsp3) is 0.208. The van der Waals surface area contributed by atoms with Crippen LogP contribution >= 0.6 is 23.1 Å². The molecule has 0 unspecified atom stereocenters. The quantitative estimate of drug-likeness (QED) is 0.324. The molecule has 172 valence electrons. The number of hydrogen-bond acceptors (Lipinski definition) is 7. The number of rotatable bonds is 8. The molecule has 1 amide bonds. The number of nitrogens with zero attached hydrogens (tertiary/aromatic N) is 5. The van der Waals surface area contributed by atoms with Gasteiger partial charge in [-0.1, -0.05) is 49.0 Å². The zero-order chi connectivity index (χ0) is 23.5. The van der Waals surface area contributed by atoms with E-state index >= 15 is 0 Å². The van der Waals surface area contributed by atoms with Crippen LogP contribution in [0.15, 0.2) is 69.9 Å². The Morgan fingerprint density at radius 3 is 2.71 bits per heavy atom. The number of amides is 1. The highest BCUT2D eigenvalue weighted by molar-refractivity contribution is 7.98. The Morgan fingerprint density at radius 1 is 1.09 bits per heavy atom. The van der Waals surface area contributed by atoms with E-state index in [0.717, 1.165) is 28.3 Å². The summed E-state index contributed by atoms with van der Waals surface area (Å²) in [6, 6.07) is 16.9. The van der Waals surface area contributed by atoms with Crippen LogP contribution in [-0.2, 0) is 23.5 Å². The third-order valence-electron chi connectivity index (χ3n) is 5.24. The fourth-order valence-electron chi connectivity index (χ4n) is 3.75. The molecule has 0 radical (unpaired) electrons. The van der Waals surface area contributed by atoms with Gasteiger partial charge in [0.25, 0.3) is 5.56 Å². The van der Waals surface area contributed by atoms with Crippen molar-refractivity contribution in [3.8, 4) is 0 Å². The maximum Gasteiger partial charge on any atom is 0.262 e. The first-order valence-corrected chi connectivity index (χ1v) is 12.8. The van der Waals surface area contributed by atoms with E-state index < -0.39 is 0 Å². The van der Waals surface area contributed by atoms with Crippen molar-refractivity contribution >= 4 is 51.4 Å². The van der Waals surface area contributed by atoms with E-state index in [4.69, 9.17) is 0 Å². The molecular formula is C24H22N6O2S2. The number of thiazole rings is 1. The third kappa shape index (κ3) is 4.46. The highest BCUT2D eigenvalue weighted by atomic mass is 32.2. The van der Waals surface area contributed by atoms with Gasteiger partial charge in [0.05, 0.1) is 23.0 Å². The van der Waals surface area contributed by atoms with Gasteiger partial charge in [0, 0.05) is 23.4 Å². The Labute approximate surface area is 203 Å². The average molecular weight is 491 g/mol. The van der Waals surface area contributed by atoms with Gasteiger partial charge in [0.2, 0.25) is 11.7 Å². The lowest BCUT2D eigenvalue weighted by atomic mass is 10.2. The van der Waals surface area contributed by atoms with Crippen LogP contribution in [0.5, 0.6) is 0 Å². The summed E-state index contributed by atoms with van der Waals surface area (Å²) in [7, 11) is 0. The zero-order valence-electron chi connectivity index (χ0n) is 18.5. The summed E-state index contributed by atoms with van der Waals surface area (Å²) in [4.78, 5) is 29.9. The van der Waals surface area contributed by atoms with Gasteiger partial charge in [-0.05, 0) is 30.7 Å². The second kappa shape index (κ2) is 9.78. The summed E-state index contributed by atoms with van der Waals surface area (Å²) in [6.45, 7) is 2.61.